The van der Waals surface area contributed by atoms with Crippen molar-refractivity contribution < 1.29 is 19.1 Å². The molecule has 0 radical (unpaired) electrons. The average molecular weight is 289 g/mol. The maximum atomic E-state index is 11.9. The fourth-order valence-electron chi connectivity index (χ4n) is 1.25. The molecule has 0 spiro atoms. The van der Waals surface area contributed by atoms with E-state index in [1.807, 2.05) is 0 Å². The molecule has 0 fully saturated rings. The molecule has 1 rings (SSSR count). The van der Waals surface area contributed by atoms with E-state index in [4.69, 9.17) is 27.9 Å². The summed E-state index contributed by atoms with van der Waals surface area (Å²) in [6.45, 7) is 0. The lowest BCUT2D eigenvalue weighted by atomic mass is 10.1. The first-order valence-corrected chi connectivity index (χ1v) is 5.58. The molecular formula is C12H10Cl2O4. The molecule has 0 atom stereocenters. The molecule has 96 valence electrons. The summed E-state index contributed by atoms with van der Waals surface area (Å²) in [4.78, 5) is 22.8. The summed E-state index contributed by atoms with van der Waals surface area (Å²) in [5, 5.41) is 0.504. The van der Waals surface area contributed by atoms with E-state index in [2.05, 4.69) is 4.74 Å². The minimum atomic E-state index is -0.632. The molecule has 1 aromatic rings. The Morgan fingerprint density at radius 2 is 1.83 bits per heavy atom. The number of halogens is 2. The number of ketones is 1. The fraction of sp³-hybridized carbons (Fsp3) is 0.167. The fourth-order valence-corrected chi connectivity index (χ4v) is 1.81. The van der Waals surface area contributed by atoms with E-state index >= 15 is 0 Å². The quantitative estimate of drug-likeness (QED) is 0.486. The van der Waals surface area contributed by atoms with Crippen molar-refractivity contribution in [3.63, 3.8) is 0 Å². The van der Waals surface area contributed by atoms with Gasteiger partial charge in [-0.25, -0.2) is 4.79 Å². The number of ether oxygens (including phenoxy) is 2. The summed E-state index contributed by atoms with van der Waals surface area (Å²) in [5.74, 6) is -0.863. The molecule has 0 aliphatic rings. The second-order valence-corrected chi connectivity index (χ2v) is 4.03. The topological polar surface area (TPSA) is 52.6 Å². The molecule has 0 aliphatic carbocycles. The molecule has 0 saturated heterocycles. The van der Waals surface area contributed by atoms with Gasteiger partial charge in [-0.1, -0.05) is 23.2 Å². The lowest BCUT2D eigenvalue weighted by molar-refractivity contribution is -0.134. The SMILES string of the molecule is COC(=O)/C=C/C(=O)c1c(Cl)cc(Cl)cc1OC. The van der Waals surface area contributed by atoms with Crippen molar-refractivity contribution in [1.82, 2.24) is 0 Å². The van der Waals surface area contributed by atoms with Crippen LogP contribution in [-0.2, 0) is 9.53 Å². The molecule has 1 aromatic carbocycles. The summed E-state index contributed by atoms with van der Waals surface area (Å²) < 4.78 is 9.40. The molecular weight excluding hydrogens is 279 g/mol. The van der Waals surface area contributed by atoms with Gasteiger partial charge in [-0.3, -0.25) is 4.79 Å². The van der Waals surface area contributed by atoms with Crippen molar-refractivity contribution in [2.24, 2.45) is 0 Å². The highest BCUT2D eigenvalue weighted by Gasteiger charge is 2.15. The first kappa shape index (κ1) is 14.5. The summed E-state index contributed by atoms with van der Waals surface area (Å²) in [5.41, 5.74) is 0.142. The van der Waals surface area contributed by atoms with Crippen LogP contribution in [0, 0.1) is 0 Å². The number of hydrogen-bond acceptors (Lipinski definition) is 4. The van der Waals surface area contributed by atoms with Crippen LogP contribution in [0.25, 0.3) is 0 Å². The summed E-state index contributed by atoms with van der Waals surface area (Å²) in [6.07, 6.45) is 2.07. The second kappa shape index (κ2) is 6.42. The van der Waals surface area contributed by atoms with Gasteiger partial charge in [-0.05, 0) is 18.2 Å². The van der Waals surface area contributed by atoms with Gasteiger partial charge in [0.05, 0.1) is 24.8 Å². The predicted molar refractivity (Wildman–Crippen MR) is 68.5 cm³/mol. The molecule has 4 nitrogen and oxygen atoms in total. The number of carbonyl (C=O) groups is 2. The van der Waals surface area contributed by atoms with Gasteiger partial charge in [0, 0.05) is 11.1 Å². The van der Waals surface area contributed by atoms with Gasteiger partial charge in [0.15, 0.2) is 5.78 Å². The van der Waals surface area contributed by atoms with Crippen molar-refractivity contribution in [2.45, 2.75) is 0 Å². The zero-order valence-corrected chi connectivity index (χ0v) is 11.2. The molecule has 0 N–H and O–H groups in total. The van der Waals surface area contributed by atoms with Crippen molar-refractivity contribution in [2.75, 3.05) is 14.2 Å². The van der Waals surface area contributed by atoms with Crippen molar-refractivity contribution in [3.05, 3.63) is 39.9 Å². The third-order valence-electron chi connectivity index (χ3n) is 2.06. The van der Waals surface area contributed by atoms with Crippen LogP contribution in [-0.4, -0.2) is 26.0 Å². The Bertz CT molecular complexity index is 509. The van der Waals surface area contributed by atoms with Crippen LogP contribution < -0.4 is 4.74 Å². The number of hydrogen-bond donors (Lipinski definition) is 0. The number of benzene rings is 1. The van der Waals surface area contributed by atoms with E-state index in [-0.39, 0.29) is 16.3 Å². The zero-order chi connectivity index (χ0) is 13.7. The van der Waals surface area contributed by atoms with Crippen LogP contribution in [0.3, 0.4) is 0 Å². The summed E-state index contributed by atoms with van der Waals surface area (Å²) in [6, 6.07) is 2.89. The van der Waals surface area contributed by atoms with E-state index in [0.29, 0.717) is 5.02 Å². The Morgan fingerprint density at radius 3 is 2.39 bits per heavy atom. The lowest BCUT2D eigenvalue weighted by Crippen LogP contribution is -2.02. The van der Waals surface area contributed by atoms with E-state index in [0.717, 1.165) is 12.2 Å². The summed E-state index contributed by atoms with van der Waals surface area (Å²) in [7, 11) is 2.61. The highest BCUT2D eigenvalue weighted by molar-refractivity contribution is 6.38. The van der Waals surface area contributed by atoms with Crippen LogP contribution in [0.1, 0.15) is 10.4 Å². The van der Waals surface area contributed by atoms with Gasteiger partial charge < -0.3 is 9.47 Å². The highest BCUT2D eigenvalue weighted by Crippen LogP contribution is 2.31. The van der Waals surface area contributed by atoms with Gasteiger partial charge in [0.1, 0.15) is 5.75 Å². The van der Waals surface area contributed by atoms with E-state index in [9.17, 15) is 9.59 Å². The minimum Gasteiger partial charge on any atom is -0.496 e. The molecule has 0 unspecified atom stereocenters. The second-order valence-electron chi connectivity index (χ2n) is 3.19. The van der Waals surface area contributed by atoms with Gasteiger partial charge in [0.2, 0.25) is 0 Å². The molecule has 0 bridgehead atoms. The Labute approximate surface area is 114 Å². The first-order chi connectivity index (χ1) is 8.49. The number of rotatable bonds is 4. The van der Waals surface area contributed by atoms with Gasteiger partial charge in [0.25, 0.3) is 0 Å². The lowest BCUT2D eigenvalue weighted by Gasteiger charge is -2.08. The Balaban J connectivity index is 3.13. The van der Waals surface area contributed by atoms with Crippen molar-refractivity contribution >= 4 is 35.0 Å². The summed E-state index contributed by atoms with van der Waals surface area (Å²) >= 11 is 11.7. The molecule has 0 amide bonds. The van der Waals surface area contributed by atoms with Gasteiger partial charge in [-0.2, -0.15) is 0 Å². The molecule has 18 heavy (non-hydrogen) atoms. The number of methoxy groups -OCH3 is 2. The molecule has 6 heteroatoms. The van der Waals surface area contributed by atoms with E-state index < -0.39 is 11.8 Å². The van der Waals surface area contributed by atoms with E-state index in [1.54, 1.807) is 0 Å². The standard InChI is InChI=1S/C12H10Cl2O4/c1-17-10-6-7(13)5-8(14)12(10)9(15)3-4-11(16)18-2/h3-6H,1-2H3/b4-3+. The Kier molecular flexibility index (Phi) is 5.19. The number of carbonyl (C=O) groups excluding carboxylic acids is 2. The van der Waals surface area contributed by atoms with Crippen molar-refractivity contribution in [1.29, 1.82) is 0 Å². The Morgan fingerprint density at radius 1 is 1.17 bits per heavy atom. The van der Waals surface area contributed by atoms with Crippen LogP contribution in [0.2, 0.25) is 10.0 Å². The third kappa shape index (κ3) is 3.48. The molecule has 0 aromatic heterocycles. The smallest absolute Gasteiger partial charge is 0.330 e. The first-order valence-electron chi connectivity index (χ1n) is 4.83. The van der Waals surface area contributed by atoms with Crippen LogP contribution in [0.5, 0.6) is 5.75 Å². The predicted octanol–water partition coefficient (Wildman–Crippen LogP) is 2.91. The van der Waals surface area contributed by atoms with Crippen LogP contribution in [0.4, 0.5) is 0 Å². The number of allylic oxidation sites excluding steroid dienone is 1. The van der Waals surface area contributed by atoms with Crippen LogP contribution >= 0.6 is 23.2 Å². The van der Waals surface area contributed by atoms with E-state index in [1.165, 1.54) is 26.4 Å². The molecule has 0 heterocycles. The maximum absolute atomic E-state index is 11.9. The highest BCUT2D eigenvalue weighted by atomic mass is 35.5. The monoisotopic (exact) mass is 288 g/mol. The van der Waals surface area contributed by atoms with Gasteiger partial charge >= 0.3 is 5.97 Å². The molecule has 0 saturated carbocycles. The van der Waals surface area contributed by atoms with Crippen LogP contribution in [0.15, 0.2) is 24.3 Å². The van der Waals surface area contributed by atoms with Gasteiger partial charge in [-0.15, -0.1) is 0 Å². The average Bonchev–Trinajstić information content (AvgIpc) is 2.34. The maximum Gasteiger partial charge on any atom is 0.330 e. The zero-order valence-electron chi connectivity index (χ0n) is 9.70. The minimum absolute atomic E-state index is 0.142. The Hall–Kier alpha value is -1.52. The third-order valence-corrected chi connectivity index (χ3v) is 2.57. The van der Waals surface area contributed by atoms with Crippen molar-refractivity contribution in [3.8, 4) is 5.75 Å². The normalized spacial score (nSPS) is 10.4. The number of esters is 1. The largest absolute Gasteiger partial charge is 0.496 e. The molecule has 0 aliphatic heterocycles.